The molecule has 1 aromatic carbocycles. The Morgan fingerprint density at radius 3 is 2.81 bits per heavy atom. The summed E-state index contributed by atoms with van der Waals surface area (Å²) < 4.78 is 5.06. The van der Waals surface area contributed by atoms with Gasteiger partial charge in [-0.1, -0.05) is 12.1 Å². The third-order valence-electron chi connectivity index (χ3n) is 2.03. The molecule has 4 nitrogen and oxygen atoms in total. The number of aromatic hydroxyl groups is 1. The number of hydrogen-bond acceptors (Lipinski definition) is 4. The van der Waals surface area contributed by atoms with Gasteiger partial charge in [0, 0.05) is 11.6 Å². The monoisotopic (exact) mass is 309 g/mol. The number of benzene rings is 1. The number of rotatable bonds is 3. The topological polar surface area (TPSA) is 72.5 Å². The Balaban J connectivity index is 0.00000225. The van der Waals surface area contributed by atoms with Crippen molar-refractivity contribution in [1.29, 1.82) is 0 Å². The highest BCUT2D eigenvalue weighted by Gasteiger charge is 2.16. The van der Waals surface area contributed by atoms with E-state index in [-0.39, 0.29) is 24.6 Å². The van der Waals surface area contributed by atoms with Crippen LogP contribution >= 0.6 is 28.3 Å². The molecule has 0 radical (unpaired) electrons. The third kappa shape index (κ3) is 3.66. The number of phenolic OH excluding ortho intramolecular Hbond substituents is 1. The first kappa shape index (κ1) is 15.2. The number of hydrogen-bond donors (Lipinski definition) is 2. The van der Waals surface area contributed by atoms with Crippen LogP contribution in [-0.2, 0) is 9.53 Å². The van der Waals surface area contributed by atoms with Crippen molar-refractivity contribution < 1.29 is 14.6 Å². The Hall–Kier alpha value is -0.780. The van der Waals surface area contributed by atoms with Crippen molar-refractivity contribution in [2.24, 2.45) is 5.73 Å². The summed E-state index contributed by atoms with van der Waals surface area (Å²) in [4.78, 5) is 11.0. The van der Waals surface area contributed by atoms with E-state index in [1.54, 1.807) is 18.2 Å². The minimum absolute atomic E-state index is 0. The van der Waals surface area contributed by atoms with Gasteiger partial charge < -0.3 is 15.6 Å². The lowest BCUT2D eigenvalue weighted by molar-refractivity contribution is -0.141. The average molecular weight is 311 g/mol. The zero-order valence-electron chi connectivity index (χ0n) is 8.64. The average Bonchev–Trinajstić information content (AvgIpc) is 2.21. The molecule has 1 rings (SSSR count). The van der Waals surface area contributed by atoms with E-state index in [9.17, 15) is 9.90 Å². The molecule has 0 fully saturated rings. The molecule has 0 aliphatic rings. The van der Waals surface area contributed by atoms with Gasteiger partial charge in [0.2, 0.25) is 0 Å². The number of ether oxygens (including phenoxy) is 1. The summed E-state index contributed by atoms with van der Waals surface area (Å²) in [6.07, 6.45) is 0.0422. The minimum Gasteiger partial charge on any atom is -0.506 e. The zero-order chi connectivity index (χ0) is 11.4. The van der Waals surface area contributed by atoms with Crippen molar-refractivity contribution in [2.75, 3.05) is 7.11 Å². The molecular formula is C10H13BrClNO3. The maximum absolute atomic E-state index is 11.0. The molecule has 0 aliphatic heterocycles. The molecule has 1 aromatic rings. The van der Waals surface area contributed by atoms with Crippen LogP contribution < -0.4 is 5.73 Å². The van der Waals surface area contributed by atoms with E-state index in [0.717, 1.165) is 0 Å². The van der Waals surface area contributed by atoms with Crippen molar-refractivity contribution in [3.8, 4) is 5.75 Å². The summed E-state index contributed by atoms with van der Waals surface area (Å²) in [7, 11) is 1.30. The summed E-state index contributed by atoms with van der Waals surface area (Å²) in [5, 5.41) is 9.67. The number of para-hydroxylation sites is 1. The van der Waals surface area contributed by atoms with E-state index in [2.05, 4.69) is 20.7 Å². The van der Waals surface area contributed by atoms with Gasteiger partial charge in [0.15, 0.2) is 0 Å². The van der Waals surface area contributed by atoms with Crippen LogP contribution in [0, 0.1) is 0 Å². The lowest BCUT2D eigenvalue weighted by Crippen LogP contribution is -2.16. The van der Waals surface area contributed by atoms with Gasteiger partial charge in [-0.15, -0.1) is 12.4 Å². The summed E-state index contributed by atoms with van der Waals surface area (Å²) in [6.45, 7) is 0. The molecule has 90 valence electrons. The second-order valence-corrected chi connectivity index (χ2v) is 3.92. The molecule has 0 bridgehead atoms. The van der Waals surface area contributed by atoms with Crippen LogP contribution in [0.2, 0.25) is 0 Å². The highest BCUT2D eigenvalue weighted by molar-refractivity contribution is 9.10. The van der Waals surface area contributed by atoms with Crippen molar-refractivity contribution in [3.05, 3.63) is 28.2 Å². The second kappa shape index (κ2) is 6.73. The summed E-state index contributed by atoms with van der Waals surface area (Å²) >= 11 is 3.18. The highest BCUT2D eigenvalue weighted by Crippen LogP contribution is 2.31. The zero-order valence-corrected chi connectivity index (χ0v) is 11.0. The SMILES string of the molecule is COC(=O)C[C@H](N)c1cccc(Br)c1O.Cl. The van der Waals surface area contributed by atoms with Crippen LogP contribution in [0.3, 0.4) is 0 Å². The van der Waals surface area contributed by atoms with Crippen LogP contribution in [0.5, 0.6) is 5.75 Å². The number of nitrogens with two attached hydrogens (primary N) is 1. The molecule has 1 atom stereocenters. The number of halogens is 2. The molecule has 0 aliphatic carbocycles. The van der Waals surface area contributed by atoms with E-state index < -0.39 is 12.0 Å². The molecular weight excluding hydrogens is 297 g/mol. The molecule has 0 unspecified atom stereocenters. The smallest absolute Gasteiger partial charge is 0.307 e. The van der Waals surface area contributed by atoms with Crippen LogP contribution in [0.4, 0.5) is 0 Å². The Morgan fingerprint density at radius 2 is 2.25 bits per heavy atom. The minimum atomic E-state index is -0.560. The van der Waals surface area contributed by atoms with Crippen molar-refractivity contribution in [2.45, 2.75) is 12.5 Å². The first-order chi connectivity index (χ1) is 7.06. The quantitative estimate of drug-likeness (QED) is 0.839. The van der Waals surface area contributed by atoms with E-state index in [0.29, 0.717) is 10.0 Å². The Labute approximate surface area is 108 Å². The number of phenols is 1. The second-order valence-electron chi connectivity index (χ2n) is 3.06. The highest BCUT2D eigenvalue weighted by atomic mass is 79.9. The van der Waals surface area contributed by atoms with E-state index in [1.807, 2.05) is 0 Å². The van der Waals surface area contributed by atoms with Gasteiger partial charge in [0.1, 0.15) is 5.75 Å². The van der Waals surface area contributed by atoms with Gasteiger partial charge in [0.25, 0.3) is 0 Å². The maximum Gasteiger partial charge on any atom is 0.307 e. The first-order valence-electron chi connectivity index (χ1n) is 4.36. The Morgan fingerprint density at radius 1 is 1.62 bits per heavy atom. The normalized spacial score (nSPS) is 11.4. The lowest BCUT2D eigenvalue weighted by atomic mass is 10.0. The van der Waals surface area contributed by atoms with Gasteiger partial charge in [-0.25, -0.2) is 0 Å². The maximum atomic E-state index is 11.0. The molecule has 0 saturated carbocycles. The molecule has 0 heterocycles. The van der Waals surface area contributed by atoms with Gasteiger partial charge in [-0.3, -0.25) is 4.79 Å². The van der Waals surface area contributed by atoms with E-state index >= 15 is 0 Å². The van der Waals surface area contributed by atoms with Crippen molar-refractivity contribution >= 4 is 34.3 Å². The molecule has 0 spiro atoms. The predicted molar refractivity (Wildman–Crippen MR) is 66.6 cm³/mol. The van der Waals surface area contributed by atoms with Crippen molar-refractivity contribution in [3.63, 3.8) is 0 Å². The largest absolute Gasteiger partial charge is 0.506 e. The van der Waals surface area contributed by atoms with Gasteiger partial charge >= 0.3 is 5.97 Å². The Bertz CT molecular complexity index is 373. The van der Waals surface area contributed by atoms with Crippen LogP contribution in [0.25, 0.3) is 0 Å². The van der Waals surface area contributed by atoms with E-state index in [1.165, 1.54) is 7.11 Å². The number of carbonyl (C=O) groups excluding carboxylic acids is 1. The number of methoxy groups -OCH3 is 1. The standard InChI is InChI=1S/C10H12BrNO3.ClH/c1-15-9(13)5-8(12)6-3-2-4-7(11)10(6)14;/h2-4,8,14H,5,12H2,1H3;1H/t8-;/m0./s1. The summed E-state index contributed by atoms with van der Waals surface area (Å²) in [5.74, 6) is -0.337. The van der Waals surface area contributed by atoms with Gasteiger partial charge in [-0.2, -0.15) is 0 Å². The molecule has 6 heteroatoms. The fourth-order valence-electron chi connectivity index (χ4n) is 1.20. The van der Waals surface area contributed by atoms with Crippen molar-refractivity contribution in [1.82, 2.24) is 0 Å². The predicted octanol–water partition coefficient (Wildman–Crippen LogP) is 2.14. The summed E-state index contributed by atoms with van der Waals surface area (Å²) in [5.41, 5.74) is 6.28. The van der Waals surface area contributed by atoms with Crippen LogP contribution in [-0.4, -0.2) is 18.2 Å². The molecule has 0 amide bonds. The fourth-order valence-corrected chi connectivity index (χ4v) is 1.59. The Kier molecular flexibility index (Phi) is 6.40. The van der Waals surface area contributed by atoms with Gasteiger partial charge in [-0.05, 0) is 22.0 Å². The lowest BCUT2D eigenvalue weighted by Gasteiger charge is -2.12. The fraction of sp³-hybridized carbons (Fsp3) is 0.300. The molecule has 16 heavy (non-hydrogen) atoms. The van der Waals surface area contributed by atoms with Crippen LogP contribution in [0.15, 0.2) is 22.7 Å². The molecule has 3 N–H and O–H groups in total. The van der Waals surface area contributed by atoms with Gasteiger partial charge in [0.05, 0.1) is 18.0 Å². The van der Waals surface area contributed by atoms with Crippen LogP contribution in [0.1, 0.15) is 18.0 Å². The van der Waals surface area contributed by atoms with E-state index in [4.69, 9.17) is 5.73 Å². The number of carbonyl (C=O) groups is 1. The molecule has 0 aromatic heterocycles. The number of esters is 1. The summed E-state index contributed by atoms with van der Waals surface area (Å²) in [6, 6.07) is 4.56. The molecule has 0 saturated heterocycles. The first-order valence-corrected chi connectivity index (χ1v) is 5.15. The third-order valence-corrected chi connectivity index (χ3v) is 2.67.